The lowest BCUT2D eigenvalue weighted by atomic mass is 10.2. The summed E-state index contributed by atoms with van der Waals surface area (Å²) in [5.74, 6) is 1.35. The van der Waals surface area contributed by atoms with Crippen LogP contribution in [-0.2, 0) is 11.4 Å². The Balaban J connectivity index is 1.48. The molecule has 5 nitrogen and oxygen atoms in total. The normalized spacial score (nSPS) is 10.2. The standard InChI is InChI=1S/C23H24N2O3/c1-2-27-22-11-7-6-10-21(22)24-16-23(26)25-19-12-14-20(15-13-19)28-17-18-8-4-3-5-9-18/h3-15,24H,2,16-17H2,1H3,(H,25,26). The fourth-order valence-corrected chi connectivity index (χ4v) is 2.65. The first-order valence-electron chi connectivity index (χ1n) is 9.27. The van der Waals surface area contributed by atoms with E-state index in [1.165, 1.54) is 0 Å². The minimum atomic E-state index is -0.135. The number of rotatable bonds is 9. The van der Waals surface area contributed by atoms with Crippen molar-refractivity contribution < 1.29 is 14.3 Å². The number of carbonyl (C=O) groups excluding carboxylic acids is 1. The molecule has 0 atom stereocenters. The quantitative estimate of drug-likeness (QED) is 0.568. The Morgan fingerprint density at radius 2 is 1.57 bits per heavy atom. The molecule has 28 heavy (non-hydrogen) atoms. The Kier molecular flexibility index (Phi) is 6.90. The van der Waals surface area contributed by atoms with Crippen LogP contribution in [0.15, 0.2) is 78.9 Å². The van der Waals surface area contributed by atoms with Gasteiger partial charge < -0.3 is 20.1 Å². The van der Waals surface area contributed by atoms with E-state index >= 15 is 0 Å². The second-order valence-electron chi connectivity index (χ2n) is 6.13. The third kappa shape index (κ3) is 5.77. The second-order valence-corrected chi connectivity index (χ2v) is 6.13. The molecule has 3 rings (SSSR count). The van der Waals surface area contributed by atoms with Crippen LogP contribution in [0, 0.1) is 0 Å². The lowest BCUT2D eigenvalue weighted by molar-refractivity contribution is -0.114. The summed E-state index contributed by atoms with van der Waals surface area (Å²) >= 11 is 0. The molecule has 0 saturated heterocycles. The molecule has 2 N–H and O–H groups in total. The van der Waals surface area contributed by atoms with Crippen LogP contribution in [0.3, 0.4) is 0 Å². The summed E-state index contributed by atoms with van der Waals surface area (Å²) in [5.41, 5.74) is 2.62. The molecule has 0 radical (unpaired) electrons. The number of carbonyl (C=O) groups is 1. The number of ether oxygens (including phenoxy) is 2. The zero-order valence-corrected chi connectivity index (χ0v) is 15.9. The molecule has 0 aliphatic heterocycles. The van der Waals surface area contributed by atoms with Crippen molar-refractivity contribution in [2.24, 2.45) is 0 Å². The number of hydrogen-bond donors (Lipinski definition) is 2. The van der Waals surface area contributed by atoms with Crippen molar-refractivity contribution in [3.05, 3.63) is 84.4 Å². The van der Waals surface area contributed by atoms with E-state index in [4.69, 9.17) is 9.47 Å². The topological polar surface area (TPSA) is 59.6 Å². The summed E-state index contributed by atoms with van der Waals surface area (Å²) < 4.78 is 11.3. The monoisotopic (exact) mass is 376 g/mol. The smallest absolute Gasteiger partial charge is 0.243 e. The van der Waals surface area contributed by atoms with Gasteiger partial charge in [-0.25, -0.2) is 0 Å². The van der Waals surface area contributed by atoms with Crippen LogP contribution in [0.25, 0.3) is 0 Å². The maximum Gasteiger partial charge on any atom is 0.243 e. The number of nitrogens with one attached hydrogen (secondary N) is 2. The van der Waals surface area contributed by atoms with Crippen molar-refractivity contribution in [2.75, 3.05) is 23.8 Å². The Hall–Kier alpha value is -3.47. The zero-order chi connectivity index (χ0) is 19.6. The minimum absolute atomic E-state index is 0.135. The van der Waals surface area contributed by atoms with Crippen molar-refractivity contribution in [1.29, 1.82) is 0 Å². The molecule has 0 bridgehead atoms. The maximum absolute atomic E-state index is 12.2. The first kappa shape index (κ1) is 19.3. The van der Waals surface area contributed by atoms with Crippen molar-refractivity contribution in [1.82, 2.24) is 0 Å². The largest absolute Gasteiger partial charge is 0.492 e. The van der Waals surface area contributed by atoms with Gasteiger partial charge in [-0.3, -0.25) is 4.79 Å². The van der Waals surface area contributed by atoms with Gasteiger partial charge in [-0.1, -0.05) is 42.5 Å². The summed E-state index contributed by atoms with van der Waals surface area (Å²) in [6, 6.07) is 24.9. The zero-order valence-electron chi connectivity index (χ0n) is 15.9. The van der Waals surface area contributed by atoms with Gasteiger partial charge in [-0.2, -0.15) is 0 Å². The summed E-state index contributed by atoms with van der Waals surface area (Å²) in [5, 5.41) is 5.97. The number of hydrogen-bond acceptors (Lipinski definition) is 4. The number of amides is 1. The predicted molar refractivity (Wildman–Crippen MR) is 112 cm³/mol. The Bertz CT molecular complexity index is 880. The van der Waals surface area contributed by atoms with Gasteiger partial charge in [0, 0.05) is 5.69 Å². The Labute approximate surface area is 165 Å². The highest BCUT2D eigenvalue weighted by Gasteiger charge is 2.06. The predicted octanol–water partition coefficient (Wildman–Crippen LogP) is 4.71. The second kappa shape index (κ2) is 10.0. The molecule has 3 aromatic rings. The van der Waals surface area contributed by atoms with Gasteiger partial charge in [0.05, 0.1) is 18.8 Å². The van der Waals surface area contributed by atoms with Crippen LogP contribution in [-0.4, -0.2) is 19.1 Å². The summed E-state index contributed by atoms with van der Waals surface area (Å²) in [7, 11) is 0. The average Bonchev–Trinajstić information content (AvgIpc) is 2.74. The van der Waals surface area contributed by atoms with Crippen LogP contribution >= 0.6 is 0 Å². The molecule has 0 aliphatic carbocycles. The first-order valence-corrected chi connectivity index (χ1v) is 9.27. The minimum Gasteiger partial charge on any atom is -0.492 e. The molecule has 0 aliphatic rings. The molecule has 0 spiro atoms. The Morgan fingerprint density at radius 1 is 0.857 bits per heavy atom. The molecule has 0 aromatic heterocycles. The van der Waals surface area contributed by atoms with E-state index in [-0.39, 0.29) is 12.5 Å². The SMILES string of the molecule is CCOc1ccccc1NCC(=O)Nc1ccc(OCc2ccccc2)cc1. The number of anilines is 2. The molecule has 144 valence electrons. The van der Waals surface area contributed by atoms with Gasteiger partial charge in [-0.15, -0.1) is 0 Å². The summed E-state index contributed by atoms with van der Waals surface area (Å²) in [6.45, 7) is 3.16. The fraction of sp³-hybridized carbons (Fsp3) is 0.174. The van der Waals surface area contributed by atoms with Gasteiger partial charge in [0.1, 0.15) is 18.1 Å². The fourth-order valence-electron chi connectivity index (χ4n) is 2.65. The van der Waals surface area contributed by atoms with E-state index in [1.807, 2.05) is 85.8 Å². The molecule has 1 amide bonds. The lowest BCUT2D eigenvalue weighted by Crippen LogP contribution is -2.22. The molecular weight excluding hydrogens is 352 g/mol. The van der Waals surface area contributed by atoms with Crippen molar-refractivity contribution in [2.45, 2.75) is 13.5 Å². The van der Waals surface area contributed by atoms with E-state index in [2.05, 4.69) is 10.6 Å². The molecule has 0 saturated carbocycles. The van der Waals surface area contributed by atoms with Crippen molar-refractivity contribution in [3.63, 3.8) is 0 Å². The molecule has 0 heterocycles. The molecule has 3 aromatic carbocycles. The van der Waals surface area contributed by atoms with E-state index < -0.39 is 0 Å². The van der Waals surface area contributed by atoms with E-state index in [1.54, 1.807) is 0 Å². The molecule has 0 unspecified atom stereocenters. The third-order valence-electron chi connectivity index (χ3n) is 4.01. The summed E-state index contributed by atoms with van der Waals surface area (Å²) in [4.78, 5) is 12.2. The van der Waals surface area contributed by atoms with Crippen LogP contribution in [0.1, 0.15) is 12.5 Å². The number of benzene rings is 3. The lowest BCUT2D eigenvalue weighted by Gasteiger charge is -2.12. The Morgan fingerprint density at radius 3 is 2.32 bits per heavy atom. The van der Waals surface area contributed by atoms with Crippen LogP contribution in [0.4, 0.5) is 11.4 Å². The van der Waals surface area contributed by atoms with E-state index in [0.717, 1.165) is 28.4 Å². The van der Waals surface area contributed by atoms with Gasteiger partial charge in [-0.05, 0) is 48.9 Å². The van der Waals surface area contributed by atoms with E-state index in [9.17, 15) is 4.79 Å². The van der Waals surface area contributed by atoms with Gasteiger partial charge in [0.25, 0.3) is 0 Å². The molecular formula is C23H24N2O3. The highest BCUT2D eigenvalue weighted by molar-refractivity contribution is 5.94. The van der Waals surface area contributed by atoms with Crippen LogP contribution in [0.2, 0.25) is 0 Å². The van der Waals surface area contributed by atoms with Crippen molar-refractivity contribution in [3.8, 4) is 11.5 Å². The third-order valence-corrected chi connectivity index (χ3v) is 4.01. The molecule has 0 fully saturated rings. The van der Waals surface area contributed by atoms with Gasteiger partial charge in [0.2, 0.25) is 5.91 Å². The summed E-state index contributed by atoms with van der Waals surface area (Å²) in [6.07, 6.45) is 0. The average molecular weight is 376 g/mol. The van der Waals surface area contributed by atoms with Gasteiger partial charge >= 0.3 is 0 Å². The van der Waals surface area contributed by atoms with Crippen molar-refractivity contribution >= 4 is 17.3 Å². The van der Waals surface area contributed by atoms with Gasteiger partial charge in [0.15, 0.2) is 0 Å². The first-order chi connectivity index (χ1) is 13.7. The van der Waals surface area contributed by atoms with Crippen LogP contribution in [0.5, 0.6) is 11.5 Å². The maximum atomic E-state index is 12.2. The molecule has 5 heteroatoms. The number of para-hydroxylation sites is 2. The van der Waals surface area contributed by atoms with E-state index in [0.29, 0.717) is 13.2 Å². The highest BCUT2D eigenvalue weighted by Crippen LogP contribution is 2.23. The highest BCUT2D eigenvalue weighted by atomic mass is 16.5. The van der Waals surface area contributed by atoms with Crippen LogP contribution < -0.4 is 20.1 Å².